The summed E-state index contributed by atoms with van der Waals surface area (Å²) in [5, 5.41) is 7.69. The van der Waals surface area contributed by atoms with Crippen LogP contribution in [0.4, 0.5) is 4.39 Å². The van der Waals surface area contributed by atoms with Crippen molar-refractivity contribution >= 4 is 23.9 Å². The topological polar surface area (TPSA) is 67.6 Å². The van der Waals surface area contributed by atoms with Crippen LogP contribution in [0.5, 0.6) is 0 Å². The third kappa shape index (κ3) is 4.51. The van der Waals surface area contributed by atoms with Crippen LogP contribution in [0, 0.1) is 5.82 Å². The SMILES string of the molecule is Fc1ccc(-c2cnc(CSc3n[nH]c(C=Cc4ccccc4)n3)o2)cc1. The number of nitrogens with one attached hydrogen (secondary N) is 1. The van der Waals surface area contributed by atoms with Gasteiger partial charge in [-0.2, -0.15) is 0 Å². The number of oxazole rings is 1. The summed E-state index contributed by atoms with van der Waals surface area (Å²) in [4.78, 5) is 8.67. The molecule has 0 radical (unpaired) electrons. The van der Waals surface area contributed by atoms with Gasteiger partial charge in [-0.25, -0.2) is 14.4 Å². The zero-order valence-corrected chi connectivity index (χ0v) is 15.0. The average Bonchev–Trinajstić information content (AvgIpc) is 3.36. The third-order valence-electron chi connectivity index (χ3n) is 3.72. The standard InChI is InChI=1S/C20H15FN4OS/c21-16-9-7-15(8-10-16)17-12-22-19(26-17)13-27-20-23-18(24-25-20)11-6-14-4-2-1-3-5-14/h1-12H,13H2,(H,23,24,25). The maximum Gasteiger partial charge on any atom is 0.209 e. The number of aromatic amines is 1. The van der Waals surface area contributed by atoms with E-state index in [1.807, 2.05) is 42.5 Å². The molecule has 27 heavy (non-hydrogen) atoms. The van der Waals surface area contributed by atoms with Gasteiger partial charge in [-0.05, 0) is 35.9 Å². The van der Waals surface area contributed by atoms with Gasteiger partial charge in [0.05, 0.1) is 11.9 Å². The molecule has 4 aromatic rings. The molecule has 0 fully saturated rings. The number of nitrogens with zero attached hydrogens (tertiary/aromatic N) is 3. The van der Waals surface area contributed by atoms with E-state index in [1.54, 1.807) is 18.3 Å². The van der Waals surface area contributed by atoms with Crippen LogP contribution < -0.4 is 0 Å². The van der Waals surface area contributed by atoms with Crippen LogP contribution >= 0.6 is 11.8 Å². The number of rotatable bonds is 6. The summed E-state index contributed by atoms with van der Waals surface area (Å²) in [6.07, 6.45) is 5.48. The van der Waals surface area contributed by atoms with Gasteiger partial charge >= 0.3 is 0 Å². The number of benzene rings is 2. The van der Waals surface area contributed by atoms with Crippen LogP contribution in [0.1, 0.15) is 17.3 Å². The predicted octanol–water partition coefficient (Wildman–Crippen LogP) is 5.06. The second-order valence-electron chi connectivity index (χ2n) is 5.66. The second kappa shape index (κ2) is 8.01. The molecule has 0 bridgehead atoms. The number of aromatic nitrogens is 4. The molecule has 2 aromatic heterocycles. The molecule has 134 valence electrons. The van der Waals surface area contributed by atoms with Gasteiger partial charge in [0, 0.05) is 5.56 Å². The van der Waals surface area contributed by atoms with Gasteiger partial charge in [0.1, 0.15) is 11.6 Å². The molecule has 4 rings (SSSR count). The Morgan fingerprint density at radius 2 is 1.85 bits per heavy atom. The third-order valence-corrected chi connectivity index (χ3v) is 4.55. The molecular formula is C20H15FN4OS. The molecule has 0 saturated heterocycles. The first kappa shape index (κ1) is 17.2. The molecule has 5 nitrogen and oxygen atoms in total. The van der Waals surface area contributed by atoms with Crippen LogP contribution in [-0.4, -0.2) is 20.2 Å². The summed E-state index contributed by atoms with van der Waals surface area (Å²) in [6.45, 7) is 0. The minimum Gasteiger partial charge on any atom is -0.440 e. The Morgan fingerprint density at radius 3 is 2.67 bits per heavy atom. The van der Waals surface area contributed by atoms with E-state index in [0.717, 1.165) is 11.1 Å². The summed E-state index contributed by atoms with van der Waals surface area (Å²) >= 11 is 1.42. The van der Waals surface area contributed by atoms with Crippen molar-refractivity contribution in [2.75, 3.05) is 0 Å². The van der Waals surface area contributed by atoms with Crippen LogP contribution in [-0.2, 0) is 5.75 Å². The summed E-state index contributed by atoms with van der Waals surface area (Å²) < 4.78 is 18.7. The van der Waals surface area contributed by atoms with E-state index < -0.39 is 0 Å². The Kier molecular flexibility index (Phi) is 5.11. The predicted molar refractivity (Wildman–Crippen MR) is 103 cm³/mol. The van der Waals surface area contributed by atoms with Gasteiger partial charge in [0.15, 0.2) is 5.76 Å². The Balaban J connectivity index is 1.36. The summed E-state index contributed by atoms with van der Waals surface area (Å²) in [5.74, 6) is 2.06. The molecule has 2 aromatic carbocycles. The van der Waals surface area contributed by atoms with Gasteiger partial charge in [-0.15, -0.1) is 5.10 Å². The quantitative estimate of drug-likeness (QED) is 0.475. The lowest BCUT2D eigenvalue weighted by Crippen LogP contribution is -1.81. The molecule has 0 aliphatic rings. The summed E-state index contributed by atoms with van der Waals surface area (Å²) in [6, 6.07) is 16.1. The Morgan fingerprint density at radius 1 is 1.04 bits per heavy atom. The highest BCUT2D eigenvalue weighted by Gasteiger charge is 2.09. The van der Waals surface area contributed by atoms with E-state index in [2.05, 4.69) is 20.2 Å². The fraction of sp³-hybridized carbons (Fsp3) is 0.0500. The van der Waals surface area contributed by atoms with Crippen molar-refractivity contribution in [2.24, 2.45) is 0 Å². The van der Waals surface area contributed by atoms with Crippen LogP contribution in [0.2, 0.25) is 0 Å². The van der Waals surface area contributed by atoms with Crippen LogP contribution in [0.15, 0.2) is 70.4 Å². The maximum absolute atomic E-state index is 13.0. The first-order valence-corrected chi connectivity index (χ1v) is 9.24. The van der Waals surface area contributed by atoms with E-state index >= 15 is 0 Å². The molecule has 0 spiro atoms. The average molecular weight is 378 g/mol. The molecule has 0 amide bonds. The molecule has 0 atom stereocenters. The number of hydrogen-bond donors (Lipinski definition) is 1. The van der Waals surface area contributed by atoms with Crippen molar-refractivity contribution in [2.45, 2.75) is 10.9 Å². The van der Waals surface area contributed by atoms with Crippen molar-refractivity contribution in [3.05, 3.63) is 83.9 Å². The zero-order chi connectivity index (χ0) is 18.5. The molecule has 0 aliphatic heterocycles. The lowest BCUT2D eigenvalue weighted by atomic mass is 10.2. The lowest BCUT2D eigenvalue weighted by molar-refractivity contribution is 0.529. The highest BCUT2D eigenvalue weighted by atomic mass is 32.2. The number of hydrogen-bond acceptors (Lipinski definition) is 5. The molecule has 0 aliphatic carbocycles. The van der Waals surface area contributed by atoms with Crippen molar-refractivity contribution in [1.29, 1.82) is 0 Å². The molecule has 0 saturated carbocycles. The van der Waals surface area contributed by atoms with Crippen molar-refractivity contribution in [3.63, 3.8) is 0 Å². The monoisotopic (exact) mass is 378 g/mol. The minimum absolute atomic E-state index is 0.282. The van der Waals surface area contributed by atoms with Gasteiger partial charge in [0.2, 0.25) is 11.0 Å². The van der Waals surface area contributed by atoms with Gasteiger partial charge in [0.25, 0.3) is 0 Å². The van der Waals surface area contributed by atoms with Gasteiger partial charge < -0.3 is 4.42 Å². The Hall–Kier alpha value is -3.19. The fourth-order valence-corrected chi connectivity index (χ4v) is 3.05. The highest BCUT2D eigenvalue weighted by molar-refractivity contribution is 7.98. The van der Waals surface area contributed by atoms with Crippen molar-refractivity contribution < 1.29 is 8.81 Å². The number of halogens is 1. The molecule has 0 unspecified atom stereocenters. The first-order chi connectivity index (χ1) is 13.3. The van der Waals surface area contributed by atoms with E-state index in [1.165, 1.54) is 23.9 Å². The van der Waals surface area contributed by atoms with Crippen molar-refractivity contribution in [3.8, 4) is 11.3 Å². The Labute approximate surface area is 159 Å². The summed E-state index contributed by atoms with van der Waals surface area (Å²) in [5.41, 5.74) is 1.88. The fourth-order valence-electron chi connectivity index (χ4n) is 2.39. The van der Waals surface area contributed by atoms with Gasteiger partial charge in [-0.1, -0.05) is 48.2 Å². The smallest absolute Gasteiger partial charge is 0.209 e. The van der Waals surface area contributed by atoms with E-state index in [9.17, 15) is 4.39 Å². The second-order valence-corrected chi connectivity index (χ2v) is 6.60. The van der Waals surface area contributed by atoms with Crippen molar-refractivity contribution in [1.82, 2.24) is 20.2 Å². The van der Waals surface area contributed by atoms with E-state index in [0.29, 0.717) is 28.4 Å². The van der Waals surface area contributed by atoms with E-state index in [4.69, 9.17) is 4.42 Å². The van der Waals surface area contributed by atoms with Gasteiger partial charge in [-0.3, -0.25) is 5.10 Å². The largest absolute Gasteiger partial charge is 0.440 e. The van der Waals surface area contributed by atoms with Crippen LogP contribution in [0.3, 0.4) is 0 Å². The highest BCUT2D eigenvalue weighted by Crippen LogP contribution is 2.24. The van der Waals surface area contributed by atoms with Crippen LogP contribution in [0.25, 0.3) is 23.5 Å². The first-order valence-electron chi connectivity index (χ1n) is 8.25. The minimum atomic E-state index is -0.282. The zero-order valence-electron chi connectivity index (χ0n) is 14.2. The number of thioether (sulfide) groups is 1. The normalized spacial score (nSPS) is 11.3. The Bertz CT molecular complexity index is 1040. The molecule has 7 heteroatoms. The van der Waals surface area contributed by atoms with E-state index in [-0.39, 0.29) is 5.82 Å². The molecule has 1 N–H and O–H groups in total. The maximum atomic E-state index is 13.0. The number of H-pyrrole nitrogens is 1. The molecular weight excluding hydrogens is 363 g/mol. The lowest BCUT2D eigenvalue weighted by Gasteiger charge is -1.95. The molecule has 2 heterocycles. The summed E-state index contributed by atoms with van der Waals surface area (Å²) in [7, 11) is 0.